The van der Waals surface area contributed by atoms with E-state index < -0.39 is 0 Å². The van der Waals surface area contributed by atoms with Crippen molar-refractivity contribution in [2.45, 2.75) is 13.1 Å². The molecule has 4 aromatic rings. The molecule has 2 aromatic heterocycles. The molecule has 1 N–H and O–H groups in total. The fraction of sp³-hybridized carbons (Fsp3) is 0.0870. The first-order valence-electron chi connectivity index (χ1n) is 9.24. The summed E-state index contributed by atoms with van der Waals surface area (Å²) in [5, 5.41) is 8.02. The average Bonchev–Trinajstić information content (AvgIpc) is 3.16. The molecule has 29 heavy (non-hydrogen) atoms. The number of rotatable bonds is 6. The lowest BCUT2D eigenvalue weighted by atomic mass is 10.1. The molecule has 5 nitrogen and oxygen atoms in total. The lowest BCUT2D eigenvalue weighted by Crippen LogP contribution is -2.22. The maximum Gasteiger partial charge on any atom is 0.251 e. The molecule has 0 fully saturated rings. The number of nitrogens with zero attached hydrogens (tertiary/aromatic N) is 3. The second kappa shape index (κ2) is 8.71. The third-order valence-corrected chi connectivity index (χ3v) is 4.71. The number of pyridine rings is 1. The topological polar surface area (TPSA) is 59.8 Å². The van der Waals surface area contributed by atoms with Crippen LogP contribution >= 0.6 is 11.6 Å². The summed E-state index contributed by atoms with van der Waals surface area (Å²) in [7, 11) is 0. The predicted octanol–water partition coefficient (Wildman–Crippen LogP) is 4.58. The summed E-state index contributed by atoms with van der Waals surface area (Å²) < 4.78 is 1.91. The molecule has 0 aliphatic rings. The third kappa shape index (κ3) is 4.70. The first kappa shape index (κ1) is 18.9. The second-order valence-electron chi connectivity index (χ2n) is 6.60. The maximum atomic E-state index is 12.5. The Labute approximate surface area is 174 Å². The van der Waals surface area contributed by atoms with Gasteiger partial charge in [-0.15, -0.1) is 0 Å². The van der Waals surface area contributed by atoms with Gasteiger partial charge in [0.15, 0.2) is 0 Å². The highest BCUT2D eigenvalue weighted by Gasteiger charge is 2.13. The predicted molar refractivity (Wildman–Crippen MR) is 114 cm³/mol. The molecule has 0 aliphatic heterocycles. The van der Waals surface area contributed by atoms with Crippen LogP contribution in [0.15, 0.2) is 85.2 Å². The van der Waals surface area contributed by atoms with E-state index in [1.165, 1.54) is 6.20 Å². The summed E-state index contributed by atoms with van der Waals surface area (Å²) >= 11 is 5.89. The Bertz CT molecular complexity index is 1110. The molecule has 0 unspecified atom stereocenters. The molecular formula is C23H19ClN4O. The van der Waals surface area contributed by atoms with E-state index in [9.17, 15) is 4.79 Å². The molecule has 4 rings (SSSR count). The fourth-order valence-corrected chi connectivity index (χ4v) is 3.28. The fourth-order valence-electron chi connectivity index (χ4n) is 3.10. The highest BCUT2D eigenvalue weighted by atomic mass is 35.5. The van der Waals surface area contributed by atoms with Gasteiger partial charge in [-0.3, -0.25) is 9.48 Å². The Morgan fingerprint density at radius 3 is 2.45 bits per heavy atom. The van der Waals surface area contributed by atoms with Crippen molar-refractivity contribution in [3.05, 3.63) is 107 Å². The van der Waals surface area contributed by atoms with Crippen LogP contribution < -0.4 is 5.32 Å². The molecule has 0 saturated heterocycles. The van der Waals surface area contributed by atoms with Gasteiger partial charge in [0.05, 0.1) is 12.2 Å². The lowest BCUT2D eigenvalue weighted by Gasteiger charge is -2.06. The van der Waals surface area contributed by atoms with Gasteiger partial charge < -0.3 is 5.32 Å². The van der Waals surface area contributed by atoms with E-state index in [2.05, 4.69) is 22.4 Å². The minimum Gasteiger partial charge on any atom is -0.348 e. The first-order chi connectivity index (χ1) is 14.2. The average molecular weight is 403 g/mol. The zero-order valence-electron chi connectivity index (χ0n) is 15.6. The van der Waals surface area contributed by atoms with Crippen molar-refractivity contribution in [1.29, 1.82) is 0 Å². The molecule has 2 aromatic carbocycles. The summed E-state index contributed by atoms with van der Waals surface area (Å²) in [4.78, 5) is 16.4. The molecule has 1 amide bonds. The van der Waals surface area contributed by atoms with Crippen molar-refractivity contribution >= 4 is 17.5 Å². The molecular weight excluding hydrogens is 384 g/mol. The molecule has 0 radical (unpaired) electrons. The number of nitrogens with one attached hydrogen (secondary N) is 1. The van der Waals surface area contributed by atoms with Gasteiger partial charge in [-0.1, -0.05) is 72.3 Å². The van der Waals surface area contributed by atoms with Gasteiger partial charge in [-0.25, -0.2) is 4.98 Å². The van der Waals surface area contributed by atoms with Crippen molar-refractivity contribution in [3.63, 3.8) is 0 Å². The van der Waals surface area contributed by atoms with E-state index in [0.717, 1.165) is 22.4 Å². The minimum absolute atomic E-state index is 0.205. The van der Waals surface area contributed by atoms with Crippen LogP contribution in [0.4, 0.5) is 0 Å². The molecule has 6 heteroatoms. The molecule has 0 spiro atoms. The Morgan fingerprint density at radius 2 is 1.72 bits per heavy atom. The lowest BCUT2D eigenvalue weighted by molar-refractivity contribution is 0.0951. The summed E-state index contributed by atoms with van der Waals surface area (Å²) in [5.41, 5.74) is 4.45. The Morgan fingerprint density at radius 1 is 1.00 bits per heavy atom. The molecule has 0 atom stereocenters. The van der Waals surface area contributed by atoms with Crippen LogP contribution in [0, 0.1) is 0 Å². The van der Waals surface area contributed by atoms with E-state index in [4.69, 9.17) is 16.7 Å². The Kier molecular flexibility index (Phi) is 5.68. The van der Waals surface area contributed by atoms with Crippen molar-refractivity contribution in [2.75, 3.05) is 0 Å². The van der Waals surface area contributed by atoms with Crippen molar-refractivity contribution in [3.8, 4) is 11.3 Å². The van der Waals surface area contributed by atoms with E-state index >= 15 is 0 Å². The number of aromatic nitrogens is 3. The number of benzene rings is 2. The number of halogens is 1. The van der Waals surface area contributed by atoms with Crippen molar-refractivity contribution in [2.24, 2.45) is 0 Å². The maximum absolute atomic E-state index is 12.5. The number of carbonyl (C=O) groups is 1. The zero-order chi connectivity index (χ0) is 20.1. The number of carbonyl (C=O) groups excluding carboxylic acids is 1. The van der Waals surface area contributed by atoms with Gasteiger partial charge in [-0.05, 0) is 17.7 Å². The van der Waals surface area contributed by atoms with Crippen LogP contribution in [0.1, 0.15) is 21.5 Å². The number of hydrogen-bond acceptors (Lipinski definition) is 3. The van der Waals surface area contributed by atoms with Gasteiger partial charge in [-0.2, -0.15) is 5.10 Å². The van der Waals surface area contributed by atoms with Crippen LogP contribution in [-0.4, -0.2) is 20.7 Å². The van der Waals surface area contributed by atoms with Gasteiger partial charge in [0.1, 0.15) is 5.15 Å². The number of amides is 1. The number of hydrogen-bond donors (Lipinski definition) is 1. The highest BCUT2D eigenvalue weighted by Crippen LogP contribution is 2.22. The van der Waals surface area contributed by atoms with Gasteiger partial charge >= 0.3 is 0 Å². The zero-order valence-corrected chi connectivity index (χ0v) is 16.4. The van der Waals surface area contributed by atoms with E-state index in [1.807, 2.05) is 59.4 Å². The van der Waals surface area contributed by atoms with E-state index in [-0.39, 0.29) is 5.91 Å². The van der Waals surface area contributed by atoms with Gasteiger partial charge in [0, 0.05) is 35.6 Å². The highest BCUT2D eigenvalue weighted by molar-refractivity contribution is 6.29. The smallest absolute Gasteiger partial charge is 0.251 e. The Hall–Kier alpha value is -3.44. The largest absolute Gasteiger partial charge is 0.348 e. The van der Waals surface area contributed by atoms with Crippen LogP contribution in [0.2, 0.25) is 5.15 Å². The van der Waals surface area contributed by atoms with Crippen molar-refractivity contribution in [1.82, 2.24) is 20.1 Å². The van der Waals surface area contributed by atoms with Gasteiger partial charge in [0.2, 0.25) is 0 Å². The van der Waals surface area contributed by atoms with Crippen LogP contribution in [0.5, 0.6) is 0 Å². The standard InChI is InChI=1S/C23H19ClN4O/c24-21-13-19(11-12-25-21)23(29)26-14-20-16-28(15-17-7-3-1-4-8-17)27-22(20)18-9-5-2-6-10-18/h1-13,16H,14-15H2,(H,26,29). The van der Waals surface area contributed by atoms with Crippen LogP contribution in [0.25, 0.3) is 11.3 Å². The summed E-state index contributed by atoms with van der Waals surface area (Å²) in [6.07, 6.45) is 3.50. The monoisotopic (exact) mass is 402 g/mol. The van der Waals surface area contributed by atoms with Crippen LogP contribution in [-0.2, 0) is 13.1 Å². The molecule has 2 heterocycles. The SMILES string of the molecule is O=C(NCc1cn(Cc2ccccc2)nc1-c1ccccc1)c1ccnc(Cl)c1. The molecule has 144 valence electrons. The third-order valence-electron chi connectivity index (χ3n) is 4.50. The minimum atomic E-state index is -0.205. The summed E-state index contributed by atoms with van der Waals surface area (Å²) in [5.74, 6) is -0.205. The van der Waals surface area contributed by atoms with Gasteiger partial charge in [0.25, 0.3) is 5.91 Å². The molecule has 0 bridgehead atoms. The molecule has 0 aliphatic carbocycles. The summed E-state index contributed by atoms with van der Waals surface area (Å²) in [6.45, 7) is 1.02. The van der Waals surface area contributed by atoms with Crippen LogP contribution in [0.3, 0.4) is 0 Å². The summed E-state index contributed by atoms with van der Waals surface area (Å²) in [6, 6.07) is 23.3. The van der Waals surface area contributed by atoms with Crippen molar-refractivity contribution < 1.29 is 4.79 Å². The molecule has 0 saturated carbocycles. The quantitative estimate of drug-likeness (QED) is 0.480. The van der Waals surface area contributed by atoms with E-state index in [1.54, 1.807) is 12.1 Å². The first-order valence-corrected chi connectivity index (χ1v) is 9.62. The van der Waals surface area contributed by atoms with E-state index in [0.29, 0.717) is 23.8 Å². The normalized spacial score (nSPS) is 10.7. The Balaban J connectivity index is 1.58. The second-order valence-corrected chi connectivity index (χ2v) is 6.99.